The molecule has 2 aromatic rings. The van der Waals surface area contributed by atoms with Gasteiger partial charge in [-0.3, -0.25) is 9.89 Å². The molecule has 0 saturated carbocycles. The lowest BCUT2D eigenvalue weighted by atomic mass is 10.1. The molecule has 2 aliphatic rings. The van der Waals surface area contributed by atoms with Crippen molar-refractivity contribution in [2.75, 3.05) is 39.3 Å². The van der Waals surface area contributed by atoms with Crippen molar-refractivity contribution >= 4 is 5.96 Å². The number of benzene rings is 2. The van der Waals surface area contributed by atoms with Gasteiger partial charge < -0.3 is 20.1 Å². The maximum Gasteiger partial charge on any atom is 0.194 e. The Bertz CT molecular complexity index is 840. The van der Waals surface area contributed by atoms with E-state index in [9.17, 15) is 5.11 Å². The van der Waals surface area contributed by atoms with Crippen LogP contribution in [0, 0.1) is 0 Å². The van der Waals surface area contributed by atoms with Crippen molar-refractivity contribution in [1.82, 2.24) is 15.1 Å². The minimum atomic E-state index is 0.235. The first-order chi connectivity index (χ1) is 15.2. The Balaban J connectivity index is 1.34. The number of aromatic hydroxyl groups is 1. The van der Waals surface area contributed by atoms with Gasteiger partial charge in [0.2, 0.25) is 0 Å². The molecule has 0 aliphatic carbocycles. The lowest BCUT2D eigenvalue weighted by Gasteiger charge is -2.36. The summed E-state index contributed by atoms with van der Waals surface area (Å²) in [6.07, 6.45) is 2.18. The molecule has 2 saturated heterocycles. The zero-order valence-corrected chi connectivity index (χ0v) is 18.4. The van der Waals surface area contributed by atoms with Crippen molar-refractivity contribution < 1.29 is 9.84 Å². The van der Waals surface area contributed by atoms with Crippen molar-refractivity contribution in [3.8, 4) is 5.75 Å². The largest absolute Gasteiger partial charge is 0.508 e. The van der Waals surface area contributed by atoms with Gasteiger partial charge in [-0.15, -0.1) is 0 Å². The summed E-state index contributed by atoms with van der Waals surface area (Å²) in [4.78, 5) is 9.83. The molecule has 0 radical (unpaired) electrons. The normalized spacial score (nSPS) is 21.8. The Kier molecular flexibility index (Phi) is 7.43. The fraction of sp³-hybridized carbons (Fsp3) is 0.480. The average Bonchev–Trinajstić information content (AvgIpc) is 3.23. The van der Waals surface area contributed by atoms with Gasteiger partial charge in [-0.25, -0.2) is 0 Å². The number of ether oxygens (including phenoxy) is 1. The SMILES string of the molecule is CCNC(=NCCCc1ccc(O)cc1)N1CC2OCCN(Cc3ccccc3)C2C1. The second kappa shape index (κ2) is 10.6. The Labute approximate surface area is 185 Å². The monoisotopic (exact) mass is 422 g/mol. The number of likely N-dealkylation sites (tertiary alicyclic amines) is 1. The summed E-state index contributed by atoms with van der Waals surface area (Å²) < 4.78 is 6.13. The average molecular weight is 423 g/mol. The van der Waals surface area contributed by atoms with Crippen LogP contribution in [-0.4, -0.2) is 72.3 Å². The lowest BCUT2D eigenvalue weighted by Crippen LogP contribution is -2.50. The highest BCUT2D eigenvalue weighted by atomic mass is 16.5. The Morgan fingerprint density at radius 1 is 1.10 bits per heavy atom. The number of aryl methyl sites for hydroxylation is 1. The number of nitrogens with one attached hydrogen (secondary N) is 1. The number of aliphatic imine (C=N–C) groups is 1. The van der Waals surface area contributed by atoms with Crippen LogP contribution in [0.3, 0.4) is 0 Å². The molecule has 2 N–H and O–H groups in total. The van der Waals surface area contributed by atoms with E-state index in [1.807, 2.05) is 12.1 Å². The quantitative estimate of drug-likeness (QED) is 0.408. The van der Waals surface area contributed by atoms with Crippen molar-refractivity contribution in [2.24, 2.45) is 4.99 Å². The van der Waals surface area contributed by atoms with Gasteiger partial charge >= 0.3 is 0 Å². The molecule has 2 atom stereocenters. The Morgan fingerprint density at radius 2 is 1.90 bits per heavy atom. The van der Waals surface area contributed by atoms with Gasteiger partial charge in [0.1, 0.15) is 5.75 Å². The summed E-state index contributed by atoms with van der Waals surface area (Å²) in [6, 6.07) is 18.6. The maximum absolute atomic E-state index is 9.42. The molecular weight excluding hydrogens is 388 g/mol. The molecule has 2 unspecified atom stereocenters. The number of rotatable bonds is 7. The second-order valence-corrected chi connectivity index (χ2v) is 8.34. The molecule has 2 heterocycles. The van der Waals surface area contributed by atoms with Crippen LogP contribution in [-0.2, 0) is 17.7 Å². The molecule has 2 fully saturated rings. The number of hydrogen-bond acceptors (Lipinski definition) is 4. The molecule has 166 valence electrons. The topological polar surface area (TPSA) is 60.3 Å². The first-order valence-electron chi connectivity index (χ1n) is 11.4. The predicted octanol–water partition coefficient (Wildman–Crippen LogP) is 2.88. The van der Waals surface area contributed by atoms with E-state index in [1.54, 1.807) is 12.1 Å². The summed E-state index contributed by atoms with van der Waals surface area (Å²) in [7, 11) is 0. The van der Waals surface area contributed by atoms with E-state index >= 15 is 0 Å². The van der Waals surface area contributed by atoms with E-state index in [4.69, 9.17) is 9.73 Å². The molecular formula is C25H34N4O2. The maximum atomic E-state index is 9.42. The highest BCUT2D eigenvalue weighted by Crippen LogP contribution is 2.24. The molecule has 0 bridgehead atoms. The molecule has 2 aliphatic heterocycles. The number of morpholine rings is 1. The molecule has 0 spiro atoms. The van der Waals surface area contributed by atoms with E-state index in [0.717, 1.165) is 64.7 Å². The molecule has 0 amide bonds. The summed E-state index contributed by atoms with van der Waals surface area (Å²) in [5, 5.41) is 12.9. The molecule has 0 aromatic heterocycles. The van der Waals surface area contributed by atoms with Gasteiger partial charge in [-0.05, 0) is 43.0 Å². The first kappa shape index (κ1) is 21.7. The summed E-state index contributed by atoms with van der Waals surface area (Å²) in [5.41, 5.74) is 2.59. The zero-order valence-electron chi connectivity index (χ0n) is 18.4. The van der Waals surface area contributed by atoms with Crippen molar-refractivity contribution in [3.63, 3.8) is 0 Å². The van der Waals surface area contributed by atoms with Gasteiger partial charge in [0.15, 0.2) is 5.96 Å². The molecule has 4 rings (SSSR count). The van der Waals surface area contributed by atoms with E-state index < -0.39 is 0 Å². The van der Waals surface area contributed by atoms with Crippen molar-refractivity contribution in [3.05, 3.63) is 65.7 Å². The first-order valence-corrected chi connectivity index (χ1v) is 11.4. The third kappa shape index (κ3) is 5.77. The van der Waals surface area contributed by atoms with Crippen LogP contribution >= 0.6 is 0 Å². The summed E-state index contributed by atoms with van der Waals surface area (Å²) >= 11 is 0. The van der Waals surface area contributed by atoms with Crippen LogP contribution < -0.4 is 5.32 Å². The van der Waals surface area contributed by atoms with Gasteiger partial charge in [-0.2, -0.15) is 0 Å². The highest BCUT2D eigenvalue weighted by Gasteiger charge is 2.41. The Hall–Kier alpha value is -2.57. The van der Waals surface area contributed by atoms with Gasteiger partial charge in [0.05, 0.1) is 18.8 Å². The van der Waals surface area contributed by atoms with Crippen LogP contribution in [0.2, 0.25) is 0 Å². The minimum Gasteiger partial charge on any atom is -0.508 e. The van der Waals surface area contributed by atoms with Crippen LogP contribution in [0.5, 0.6) is 5.75 Å². The Morgan fingerprint density at radius 3 is 2.68 bits per heavy atom. The van der Waals surface area contributed by atoms with Gasteiger partial charge in [0, 0.05) is 39.3 Å². The number of nitrogens with zero attached hydrogens (tertiary/aromatic N) is 3. The lowest BCUT2D eigenvalue weighted by molar-refractivity contribution is -0.0502. The van der Waals surface area contributed by atoms with Gasteiger partial charge in [-0.1, -0.05) is 42.5 Å². The van der Waals surface area contributed by atoms with E-state index in [-0.39, 0.29) is 6.10 Å². The van der Waals surface area contributed by atoms with Crippen LogP contribution in [0.15, 0.2) is 59.6 Å². The van der Waals surface area contributed by atoms with E-state index in [0.29, 0.717) is 11.8 Å². The summed E-state index contributed by atoms with van der Waals surface area (Å²) in [6.45, 7) is 8.33. The molecule has 31 heavy (non-hydrogen) atoms. The van der Waals surface area contributed by atoms with Crippen molar-refractivity contribution in [2.45, 2.75) is 38.5 Å². The minimum absolute atomic E-state index is 0.235. The number of hydrogen-bond donors (Lipinski definition) is 2. The van der Waals surface area contributed by atoms with E-state index in [1.165, 1.54) is 11.1 Å². The van der Waals surface area contributed by atoms with E-state index in [2.05, 4.69) is 52.4 Å². The third-order valence-electron chi connectivity index (χ3n) is 6.10. The number of phenolic OH excluding ortho intramolecular Hbond substituents is 1. The fourth-order valence-corrected chi connectivity index (χ4v) is 4.50. The number of guanidine groups is 1. The zero-order chi connectivity index (χ0) is 21.5. The molecule has 6 nitrogen and oxygen atoms in total. The molecule has 2 aromatic carbocycles. The van der Waals surface area contributed by atoms with Crippen LogP contribution in [0.1, 0.15) is 24.5 Å². The van der Waals surface area contributed by atoms with Crippen molar-refractivity contribution in [1.29, 1.82) is 0 Å². The third-order valence-corrected chi connectivity index (χ3v) is 6.10. The van der Waals surface area contributed by atoms with Crippen LogP contribution in [0.25, 0.3) is 0 Å². The summed E-state index contributed by atoms with van der Waals surface area (Å²) in [5.74, 6) is 1.31. The standard InChI is InChI=1S/C25H34N4O2/c1-2-26-25(27-14-6-9-20-10-12-22(30)13-11-20)29-18-23-24(19-29)31-16-15-28(23)17-21-7-4-3-5-8-21/h3-5,7-8,10-13,23-24,30H,2,6,9,14-19H2,1H3,(H,26,27). The van der Waals surface area contributed by atoms with Gasteiger partial charge in [0.25, 0.3) is 0 Å². The smallest absolute Gasteiger partial charge is 0.194 e. The fourth-order valence-electron chi connectivity index (χ4n) is 4.50. The van der Waals surface area contributed by atoms with Crippen LogP contribution in [0.4, 0.5) is 0 Å². The predicted molar refractivity (Wildman–Crippen MR) is 124 cm³/mol. The highest BCUT2D eigenvalue weighted by molar-refractivity contribution is 5.80. The second-order valence-electron chi connectivity index (χ2n) is 8.34. The number of phenols is 1. The molecule has 6 heteroatoms. The number of fused-ring (bicyclic) bond motifs is 1.